The minimum atomic E-state index is -0.394. The fraction of sp³-hybridized carbons (Fsp3) is 0.981. The van der Waals surface area contributed by atoms with Gasteiger partial charge in [-0.15, -0.1) is 0 Å². The largest absolute Gasteiger partial charge is 0.379 e. The normalized spacial score (nSPS) is 12.9. The molecule has 0 fully saturated rings. The summed E-state index contributed by atoms with van der Waals surface area (Å²) in [6.07, 6.45) is 45.0. The van der Waals surface area contributed by atoms with Gasteiger partial charge in [-0.1, -0.05) is 221 Å². The maximum absolute atomic E-state index is 14.3. The third kappa shape index (κ3) is 32.8. The van der Waals surface area contributed by atoms with E-state index in [0.717, 1.165) is 38.5 Å². The Morgan fingerprint density at radius 3 is 1.14 bits per heavy atom. The molecule has 57 heavy (non-hydrogen) atoms. The van der Waals surface area contributed by atoms with E-state index in [0.29, 0.717) is 18.6 Å². The summed E-state index contributed by atoms with van der Waals surface area (Å²) in [6.45, 7) is 23.1. The number of carbonyl (C=O) groups is 1. The van der Waals surface area contributed by atoms with Gasteiger partial charge in [0.25, 0.3) is 0 Å². The van der Waals surface area contributed by atoms with Gasteiger partial charge in [0.1, 0.15) is 0 Å². The first-order chi connectivity index (χ1) is 27.0. The minimum absolute atomic E-state index is 0.0468. The molecule has 0 saturated carbocycles. The van der Waals surface area contributed by atoms with Crippen LogP contribution in [0.2, 0.25) is 0 Å². The molecule has 0 aliphatic rings. The van der Waals surface area contributed by atoms with E-state index in [1.165, 1.54) is 180 Å². The Balaban J connectivity index is 4.93. The van der Waals surface area contributed by atoms with E-state index in [4.69, 9.17) is 9.47 Å². The molecule has 1 amide bonds. The molecule has 0 aliphatic carbocycles. The van der Waals surface area contributed by atoms with Crippen LogP contribution in [0.4, 0.5) is 0 Å². The summed E-state index contributed by atoms with van der Waals surface area (Å²) in [5.41, 5.74) is -0.707. The minimum Gasteiger partial charge on any atom is -0.379 e. The third-order valence-electron chi connectivity index (χ3n) is 13.3. The van der Waals surface area contributed by atoms with E-state index in [9.17, 15) is 4.79 Å². The number of rotatable bonds is 42. The maximum Gasteiger partial charge on any atom is 0.228 e. The van der Waals surface area contributed by atoms with Crippen LogP contribution in [-0.2, 0) is 14.3 Å². The van der Waals surface area contributed by atoms with Gasteiger partial charge in [-0.2, -0.15) is 0 Å². The van der Waals surface area contributed by atoms with Crippen LogP contribution in [0, 0.1) is 10.8 Å². The number of carbonyl (C=O) groups excluding carboxylic acids is 1. The summed E-state index contributed by atoms with van der Waals surface area (Å²) in [4.78, 5) is 16.5. The molecule has 0 rings (SSSR count). The molecule has 0 aromatic rings. The van der Waals surface area contributed by atoms with Crippen molar-refractivity contribution in [3.05, 3.63) is 0 Å². The highest BCUT2D eigenvalue weighted by molar-refractivity contribution is 5.82. The highest BCUT2D eigenvalue weighted by Crippen LogP contribution is 2.40. The predicted molar refractivity (Wildman–Crippen MR) is 254 cm³/mol. The molecular formula is C53H107NO3. The van der Waals surface area contributed by atoms with E-state index < -0.39 is 5.41 Å². The SMILES string of the molecule is CCCCCCCCCCCCCCCCC(CCCCCCCCCCCCCCCC)N(C)C(=O)C(C)(C)CC(C)(C)CCC(C)(C)OCCC(C)(C)OC. The van der Waals surface area contributed by atoms with Gasteiger partial charge in [-0.3, -0.25) is 4.79 Å². The fourth-order valence-corrected chi connectivity index (χ4v) is 9.07. The Kier molecular flexibility index (Phi) is 33.7. The summed E-state index contributed by atoms with van der Waals surface area (Å²) in [7, 11) is 3.91. The van der Waals surface area contributed by atoms with E-state index in [1.54, 1.807) is 7.11 Å². The average Bonchev–Trinajstić information content (AvgIpc) is 3.15. The summed E-state index contributed by atoms with van der Waals surface area (Å²) in [6, 6.07) is 0.359. The van der Waals surface area contributed by atoms with Gasteiger partial charge < -0.3 is 14.4 Å². The van der Waals surface area contributed by atoms with E-state index in [1.807, 2.05) is 0 Å². The van der Waals surface area contributed by atoms with E-state index >= 15 is 0 Å². The second-order valence-corrected chi connectivity index (χ2v) is 21.4. The van der Waals surface area contributed by atoms with Crippen LogP contribution in [0.15, 0.2) is 0 Å². The Labute approximate surface area is 360 Å². The number of unbranched alkanes of at least 4 members (excludes halogenated alkanes) is 26. The summed E-state index contributed by atoms with van der Waals surface area (Å²) in [5, 5.41) is 0. The fourth-order valence-electron chi connectivity index (χ4n) is 9.07. The van der Waals surface area contributed by atoms with Gasteiger partial charge in [0.15, 0.2) is 0 Å². The highest BCUT2D eigenvalue weighted by Gasteiger charge is 2.38. The molecule has 0 bridgehead atoms. The second-order valence-electron chi connectivity index (χ2n) is 21.4. The molecule has 0 N–H and O–H groups in total. The van der Waals surface area contributed by atoms with E-state index in [2.05, 4.69) is 81.2 Å². The molecule has 0 saturated heterocycles. The van der Waals surface area contributed by atoms with Crippen molar-refractivity contribution in [1.29, 1.82) is 0 Å². The molecule has 0 atom stereocenters. The Bertz CT molecular complexity index is 876. The lowest BCUT2D eigenvalue weighted by atomic mass is 9.71. The van der Waals surface area contributed by atoms with Gasteiger partial charge in [0.05, 0.1) is 17.8 Å². The lowest BCUT2D eigenvalue weighted by molar-refractivity contribution is -0.143. The second kappa shape index (κ2) is 34.0. The lowest BCUT2D eigenvalue weighted by Crippen LogP contribution is -2.46. The smallest absolute Gasteiger partial charge is 0.228 e. The molecule has 0 aromatic heterocycles. The first-order valence-corrected chi connectivity index (χ1v) is 25.5. The van der Waals surface area contributed by atoms with Crippen molar-refractivity contribution in [3.63, 3.8) is 0 Å². The van der Waals surface area contributed by atoms with Crippen LogP contribution in [0.1, 0.15) is 288 Å². The molecule has 0 spiro atoms. The molecular weight excluding hydrogens is 699 g/mol. The van der Waals surface area contributed by atoms with Gasteiger partial charge in [-0.25, -0.2) is 0 Å². The molecule has 4 nitrogen and oxygen atoms in total. The number of nitrogens with zero attached hydrogens (tertiary/aromatic N) is 1. The Morgan fingerprint density at radius 2 is 0.807 bits per heavy atom. The topological polar surface area (TPSA) is 38.8 Å². The molecule has 0 unspecified atom stereocenters. The van der Waals surface area contributed by atoms with Crippen molar-refractivity contribution < 1.29 is 14.3 Å². The number of amides is 1. The van der Waals surface area contributed by atoms with Crippen molar-refractivity contribution in [2.75, 3.05) is 20.8 Å². The van der Waals surface area contributed by atoms with Crippen molar-refractivity contribution in [3.8, 4) is 0 Å². The Morgan fingerprint density at radius 1 is 0.474 bits per heavy atom. The molecule has 0 aromatic carbocycles. The van der Waals surface area contributed by atoms with Crippen LogP contribution in [-0.4, -0.2) is 48.8 Å². The van der Waals surface area contributed by atoms with Crippen molar-refractivity contribution >= 4 is 5.91 Å². The van der Waals surface area contributed by atoms with Gasteiger partial charge in [0, 0.05) is 25.6 Å². The number of ether oxygens (including phenoxy) is 2. The summed E-state index contributed by atoms with van der Waals surface area (Å²) >= 11 is 0. The average molecular weight is 806 g/mol. The zero-order valence-corrected chi connectivity index (χ0v) is 41.5. The van der Waals surface area contributed by atoms with E-state index in [-0.39, 0.29) is 16.6 Å². The van der Waals surface area contributed by atoms with Crippen molar-refractivity contribution in [2.24, 2.45) is 10.8 Å². The van der Waals surface area contributed by atoms with Crippen LogP contribution < -0.4 is 0 Å². The van der Waals surface area contributed by atoms with Gasteiger partial charge in [0.2, 0.25) is 5.91 Å². The zero-order chi connectivity index (χ0) is 42.9. The number of methoxy groups -OCH3 is 1. The third-order valence-corrected chi connectivity index (χ3v) is 13.3. The lowest BCUT2D eigenvalue weighted by Gasteiger charge is -2.40. The number of hydrogen-bond acceptors (Lipinski definition) is 3. The molecule has 4 heteroatoms. The van der Waals surface area contributed by atoms with Gasteiger partial charge >= 0.3 is 0 Å². The molecule has 0 heterocycles. The monoisotopic (exact) mass is 806 g/mol. The van der Waals surface area contributed by atoms with Crippen LogP contribution in [0.5, 0.6) is 0 Å². The zero-order valence-electron chi connectivity index (χ0n) is 41.5. The predicted octanol–water partition coefficient (Wildman–Crippen LogP) is 17.4. The molecule has 0 aliphatic heterocycles. The summed E-state index contributed by atoms with van der Waals surface area (Å²) in [5.74, 6) is 0.341. The van der Waals surface area contributed by atoms with Crippen LogP contribution in [0.25, 0.3) is 0 Å². The van der Waals surface area contributed by atoms with Crippen molar-refractivity contribution in [2.45, 2.75) is 305 Å². The van der Waals surface area contributed by atoms with Crippen LogP contribution >= 0.6 is 0 Å². The summed E-state index contributed by atoms with van der Waals surface area (Å²) < 4.78 is 12.0. The molecule has 0 radical (unpaired) electrons. The van der Waals surface area contributed by atoms with Crippen molar-refractivity contribution in [1.82, 2.24) is 4.90 Å². The van der Waals surface area contributed by atoms with Crippen LogP contribution in [0.3, 0.4) is 0 Å². The van der Waals surface area contributed by atoms with Gasteiger partial charge in [-0.05, 0) is 71.6 Å². The maximum atomic E-state index is 14.3. The quantitative estimate of drug-likeness (QED) is 0.0577. The number of hydrogen-bond donors (Lipinski definition) is 0. The Hall–Kier alpha value is -0.610. The standard InChI is InChI=1S/C53H107NO3/c1-13-15-17-19-21-23-25-27-29-31-33-35-37-39-41-48(42-40-38-36-34-32-30-28-26-24-22-20-18-16-14-2)54(11)49(55)51(5,6)47-50(3,4)43-44-53(9,10)57-46-45-52(7,8)56-12/h48H,13-47H2,1-12H3. The first kappa shape index (κ1) is 56.4. The molecule has 342 valence electrons. The highest BCUT2D eigenvalue weighted by atomic mass is 16.5. The first-order valence-electron chi connectivity index (χ1n) is 25.5.